The zero-order chi connectivity index (χ0) is 15.6. The minimum absolute atomic E-state index is 0.118. The maximum Gasteiger partial charge on any atom is 0.270 e. The number of ether oxygens (including phenoxy) is 1. The number of nitrogens with one attached hydrogen (secondary N) is 1. The van der Waals surface area contributed by atoms with Gasteiger partial charge in [-0.3, -0.25) is 4.79 Å². The second kappa shape index (κ2) is 6.44. The van der Waals surface area contributed by atoms with Crippen LogP contribution in [0.4, 0.5) is 4.39 Å². The normalized spacial score (nSPS) is 10.2. The number of hydrogen-bond acceptors (Lipinski definition) is 5. The molecular formula is C13H9FIN3O2S. The number of thioether (sulfide) groups is 1. The number of nitrogens with zero attached hydrogens (tertiary/aromatic N) is 2. The van der Waals surface area contributed by atoms with Gasteiger partial charge in [-0.25, -0.2) is 9.37 Å². The first-order chi connectivity index (χ1) is 10.0. The predicted molar refractivity (Wildman–Crippen MR) is 86.0 cm³/mol. The summed E-state index contributed by atoms with van der Waals surface area (Å²) < 4.78 is 19.5. The third-order valence-corrected chi connectivity index (χ3v) is 4.06. The maximum atomic E-state index is 14.0. The van der Waals surface area contributed by atoms with Crippen molar-refractivity contribution in [3.8, 4) is 23.1 Å². The molecule has 0 spiro atoms. The summed E-state index contributed by atoms with van der Waals surface area (Å²) in [5.74, 6) is -0.455. The molecule has 1 heterocycles. The van der Waals surface area contributed by atoms with E-state index in [1.54, 1.807) is 12.3 Å². The third kappa shape index (κ3) is 3.03. The van der Waals surface area contributed by atoms with Gasteiger partial charge in [0.15, 0.2) is 16.7 Å². The van der Waals surface area contributed by atoms with Crippen LogP contribution in [0.5, 0.6) is 5.75 Å². The van der Waals surface area contributed by atoms with Crippen LogP contribution in [0, 0.1) is 20.7 Å². The van der Waals surface area contributed by atoms with E-state index < -0.39 is 11.4 Å². The Kier molecular flexibility index (Phi) is 4.84. The van der Waals surface area contributed by atoms with E-state index in [1.807, 2.05) is 28.7 Å². The highest BCUT2D eigenvalue weighted by Crippen LogP contribution is 2.31. The van der Waals surface area contributed by atoms with E-state index in [0.717, 1.165) is 0 Å². The van der Waals surface area contributed by atoms with E-state index in [2.05, 4.69) is 9.97 Å². The minimum atomic E-state index is -0.573. The molecule has 2 aromatic rings. The molecule has 0 amide bonds. The smallest absolute Gasteiger partial charge is 0.270 e. The number of benzene rings is 1. The largest absolute Gasteiger partial charge is 0.493 e. The van der Waals surface area contributed by atoms with E-state index in [9.17, 15) is 9.18 Å². The molecule has 1 aromatic heterocycles. The highest BCUT2D eigenvalue weighted by molar-refractivity contribution is 14.1. The average Bonchev–Trinajstić information content (AvgIpc) is 2.45. The van der Waals surface area contributed by atoms with E-state index in [4.69, 9.17) is 10.00 Å². The summed E-state index contributed by atoms with van der Waals surface area (Å²) in [5.41, 5.74) is -0.174. The van der Waals surface area contributed by atoms with Crippen molar-refractivity contribution in [1.29, 1.82) is 5.26 Å². The first-order valence-electron chi connectivity index (χ1n) is 5.63. The lowest BCUT2D eigenvalue weighted by Gasteiger charge is -2.09. The van der Waals surface area contributed by atoms with Crippen LogP contribution in [0.1, 0.15) is 5.56 Å². The van der Waals surface area contributed by atoms with E-state index in [-0.39, 0.29) is 17.0 Å². The number of aromatic nitrogens is 2. The van der Waals surface area contributed by atoms with Crippen molar-refractivity contribution >= 4 is 34.4 Å². The van der Waals surface area contributed by atoms with Crippen molar-refractivity contribution in [2.75, 3.05) is 13.4 Å². The Bertz CT molecular complexity index is 778. The van der Waals surface area contributed by atoms with Crippen LogP contribution in [0.2, 0.25) is 0 Å². The molecule has 0 saturated carbocycles. The number of methoxy groups -OCH3 is 1. The minimum Gasteiger partial charge on any atom is -0.493 e. The van der Waals surface area contributed by atoms with Crippen LogP contribution in [0.25, 0.3) is 11.3 Å². The van der Waals surface area contributed by atoms with Gasteiger partial charge < -0.3 is 9.72 Å². The Morgan fingerprint density at radius 2 is 2.24 bits per heavy atom. The number of halogens is 2. The molecule has 108 valence electrons. The van der Waals surface area contributed by atoms with Gasteiger partial charge in [0.05, 0.1) is 16.4 Å². The molecule has 0 unspecified atom stereocenters. The fraction of sp³-hybridized carbons (Fsp3) is 0.154. The van der Waals surface area contributed by atoms with Gasteiger partial charge in [0.25, 0.3) is 5.56 Å². The fourth-order valence-electron chi connectivity index (χ4n) is 1.75. The fourth-order valence-corrected chi connectivity index (χ4v) is 2.94. The van der Waals surface area contributed by atoms with Gasteiger partial charge in [-0.1, -0.05) is 11.8 Å². The molecule has 1 aromatic carbocycles. The van der Waals surface area contributed by atoms with Gasteiger partial charge in [-0.05, 0) is 41.0 Å². The van der Waals surface area contributed by atoms with E-state index >= 15 is 0 Å². The van der Waals surface area contributed by atoms with Crippen LogP contribution in [-0.4, -0.2) is 23.3 Å². The number of rotatable bonds is 3. The maximum absolute atomic E-state index is 14.0. The quantitative estimate of drug-likeness (QED) is 0.472. The predicted octanol–water partition coefficient (Wildman–Crippen LogP) is 2.78. The lowest BCUT2D eigenvalue weighted by molar-refractivity contribution is 0.383. The van der Waals surface area contributed by atoms with Crippen molar-refractivity contribution in [3.63, 3.8) is 0 Å². The SMILES string of the molecule is COc1c(F)cc(-c2nc(SC)[nH]c(=O)c2C#N)cc1I. The van der Waals surface area contributed by atoms with Gasteiger partial charge in [0.1, 0.15) is 11.6 Å². The van der Waals surface area contributed by atoms with Gasteiger partial charge >= 0.3 is 0 Å². The molecule has 8 heteroatoms. The summed E-state index contributed by atoms with van der Waals surface area (Å²) in [4.78, 5) is 18.6. The zero-order valence-electron chi connectivity index (χ0n) is 11.0. The Balaban J connectivity index is 2.75. The average molecular weight is 417 g/mol. The molecule has 0 saturated heterocycles. The van der Waals surface area contributed by atoms with Crippen molar-refractivity contribution < 1.29 is 9.13 Å². The Hall–Kier alpha value is -1.60. The number of H-pyrrole nitrogens is 1. The summed E-state index contributed by atoms with van der Waals surface area (Å²) in [6, 6.07) is 4.63. The molecule has 0 fully saturated rings. The van der Waals surface area contributed by atoms with Gasteiger partial charge in [-0.2, -0.15) is 5.26 Å². The van der Waals surface area contributed by atoms with Crippen molar-refractivity contribution in [1.82, 2.24) is 9.97 Å². The van der Waals surface area contributed by atoms with Crippen molar-refractivity contribution in [3.05, 3.63) is 37.4 Å². The van der Waals surface area contributed by atoms with Gasteiger partial charge in [0, 0.05) is 5.56 Å². The standard InChI is InChI=1S/C13H9FIN3O2S/c1-20-11-8(14)3-6(4-9(11)15)10-7(5-16)12(19)18-13(17-10)21-2/h3-4H,1-2H3,(H,17,18,19). The summed E-state index contributed by atoms with van der Waals surface area (Å²) in [6.45, 7) is 0. The van der Waals surface area contributed by atoms with E-state index in [1.165, 1.54) is 24.9 Å². The Labute approximate surface area is 137 Å². The molecule has 0 aliphatic carbocycles. The van der Waals surface area contributed by atoms with Crippen molar-refractivity contribution in [2.24, 2.45) is 0 Å². The summed E-state index contributed by atoms with van der Waals surface area (Å²) >= 11 is 3.15. The van der Waals surface area contributed by atoms with Crippen LogP contribution in [0.15, 0.2) is 22.1 Å². The van der Waals surface area contributed by atoms with Crippen LogP contribution < -0.4 is 10.3 Å². The van der Waals surface area contributed by atoms with Crippen LogP contribution >= 0.6 is 34.4 Å². The number of hydrogen-bond donors (Lipinski definition) is 1. The molecule has 2 rings (SSSR count). The van der Waals surface area contributed by atoms with Crippen molar-refractivity contribution in [2.45, 2.75) is 5.16 Å². The first kappa shape index (κ1) is 15.8. The Morgan fingerprint density at radius 3 is 2.76 bits per heavy atom. The van der Waals surface area contributed by atoms with Gasteiger partial charge in [-0.15, -0.1) is 0 Å². The first-order valence-corrected chi connectivity index (χ1v) is 7.94. The van der Waals surface area contributed by atoms with Crippen LogP contribution in [0.3, 0.4) is 0 Å². The Morgan fingerprint density at radius 1 is 1.52 bits per heavy atom. The number of nitriles is 1. The number of aromatic amines is 1. The highest BCUT2D eigenvalue weighted by Gasteiger charge is 2.17. The highest BCUT2D eigenvalue weighted by atomic mass is 127. The molecule has 0 atom stereocenters. The molecular weight excluding hydrogens is 408 g/mol. The second-order valence-electron chi connectivity index (χ2n) is 3.88. The second-order valence-corrected chi connectivity index (χ2v) is 5.84. The molecule has 1 N–H and O–H groups in total. The summed E-state index contributed by atoms with van der Waals surface area (Å²) in [5, 5.41) is 9.49. The molecule has 5 nitrogen and oxygen atoms in total. The lowest BCUT2D eigenvalue weighted by Crippen LogP contribution is -2.14. The monoisotopic (exact) mass is 417 g/mol. The van der Waals surface area contributed by atoms with Crippen LogP contribution in [-0.2, 0) is 0 Å². The summed E-state index contributed by atoms with van der Waals surface area (Å²) in [6.07, 6.45) is 1.74. The molecule has 0 aliphatic heterocycles. The topological polar surface area (TPSA) is 78.8 Å². The molecule has 0 aliphatic rings. The van der Waals surface area contributed by atoms with E-state index in [0.29, 0.717) is 14.3 Å². The molecule has 0 radical (unpaired) electrons. The molecule has 21 heavy (non-hydrogen) atoms. The lowest BCUT2D eigenvalue weighted by atomic mass is 10.1. The third-order valence-electron chi connectivity index (χ3n) is 2.68. The zero-order valence-corrected chi connectivity index (χ0v) is 14.0. The van der Waals surface area contributed by atoms with Gasteiger partial charge in [0.2, 0.25) is 0 Å². The molecule has 0 bridgehead atoms. The summed E-state index contributed by atoms with van der Waals surface area (Å²) in [7, 11) is 1.37.